The van der Waals surface area contributed by atoms with E-state index in [1.165, 1.54) is 18.2 Å². The summed E-state index contributed by atoms with van der Waals surface area (Å²) < 4.78 is 0. The van der Waals surface area contributed by atoms with Crippen LogP contribution in [0.2, 0.25) is 0 Å². The first-order valence-corrected chi connectivity index (χ1v) is 6.82. The van der Waals surface area contributed by atoms with Crippen LogP contribution in [0, 0.1) is 10.1 Å². The molecule has 0 spiro atoms. The quantitative estimate of drug-likeness (QED) is 0.631. The Hall–Kier alpha value is -2.73. The van der Waals surface area contributed by atoms with Crippen LogP contribution in [0.1, 0.15) is 21.5 Å². The fourth-order valence-corrected chi connectivity index (χ4v) is 2.09. The predicted molar refractivity (Wildman–Crippen MR) is 81.5 cm³/mol. The van der Waals surface area contributed by atoms with Crippen molar-refractivity contribution in [2.75, 3.05) is 6.54 Å². The fourth-order valence-electron chi connectivity index (χ4n) is 2.09. The smallest absolute Gasteiger partial charge is 0.270 e. The van der Waals surface area contributed by atoms with Gasteiger partial charge in [0, 0.05) is 18.7 Å². The molecule has 2 aromatic carbocycles. The number of rotatable bonds is 6. The maximum absolute atomic E-state index is 12.1. The molecule has 0 unspecified atom stereocenters. The number of aliphatic hydroxyl groups is 1. The SMILES string of the molecule is O=C(NCCc1ccccc1)c1cc([N+](=O)[O-])ccc1CO. The second-order valence-electron chi connectivity index (χ2n) is 4.75. The lowest BCUT2D eigenvalue weighted by Gasteiger charge is -2.09. The van der Waals surface area contributed by atoms with Crippen LogP contribution in [0.15, 0.2) is 48.5 Å². The highest BCUT2D eigenvalue weighted by Crippen LogP contribution is 2.18. The Bertz CT molecular complexity index is 671. The summed E-state index contributed by atoms with van der Waals surface area (Å²) in [5, 5.41) is 22.8. The summed E-state index contributed by atoms with van der Waals surface area (Å²) in [6, 6.07) is 13.5. The van der Waals surface area contributed by atoms with E-state index in [0.29, 0.717) is 18.5 Å². The third-order valence-corrected chi connectivity index (χ3v) is 3.26. The van der Waals surface area contributed by atoms with Gasteiger partial charge in [-0.3, -0.25) is 14.9 Å². The first-order valence-electron chi connectivity index (χ1n) is 6.82. The van der Waals surface area contributed by atoms with E-state index in [1.807, 2.05) is 30.3 Å². The van der Waals surface area contributed by atoms with Gasteiger partial charge in [0.2, 0.25) is 0 Å². The van der Waals surface area contributed by atoms with E-state index in [4.69, 9.17) is 0 Å². The first kappa shape index (κ1) is 15.7. The van der Waals surface area contributed by atoms with Gasteiger partial charge in [0.25, 0.3) is 11.6 Å². The van der Waals surface area contributed by atoms with Crippen LogP contribution in [0.5, 0.6) is 0 Å². The number of non-ortho nitro benzene ring substituents is 1. The lowest BCUT2D eigenvalue weighted by molar-refractivity contribution is -0.384. The average Bonchev–Trinajstić information content (AvgIpc) is 2.55. The monoisotopic (exact) mass is 300 g/mol. The van der Waals surface area contributed by atoms with Crippen molar-refractivity contribution in [3.63, 3.8) is 0 Å². The topological polar surface area (TPSA) is 92.5 Å². The summed E-state index contributed by atoms with van der Waals surface area (Å²) in [6.45, 7) is 0.0653. The standard InChI is InChI=1S/C16H16N2O4/c19-11-13-6-7-14(18(21)22)10-15(13)16(20)17-9-8-12-4-2-1-3-5-12/h1-7,10,19H,8-9,11H2,(H,17,20). The number of benzene rings is 2. The second kappa shape index (κ2) is 7.33. The number of nitrogens with one attached hydrogen (secondary N) is 1. The van der Waals surface area contributed by atoms with Crippen LogP contribution in [0.3, 0.4) is 0 Å². The number of aliphatic hydroxyl groups excluding tert-OH is 1. The van der Waals surface area contributed by atoms with Gasteiger partial charge in [-0.2, -0.15) is 0 Å². The van der Waals surface area contributed by atoms with Crippen molar-refractivity contribution in [1.82, 2.24) is 5.32 Å². The molecule has 6 nitrogen and oxygen atoms in total. The summed E-state index contributed by atoms with van der Waals surface area (Å²) in [4.78, 5) is 22.4. The van der Waals surface area contributed by atoms with Crippen molar-refractivity contribution in [3.05, 3.63) is 75.3 Å². The molecule has 0 atom stereocenters. The van der Waals surface area contributed by atoms with Crippen LogP contribution < -0.4 is 5.32 Å². The number of nitrogens with zero attached hydrogens (tertiary/aromatic N) is 1. The molecule has 114 valence electrons. The Labute approximate surface area is 127 Å². The van der Waals surface area contributed by atoms with Gasteiger partial charge in [0.05, 0.1) is 17.1 Å². The van der Waals surface area contributed by atoms with E-state index in [9.17, 15) is 20.0 Å². The van der Waals surface area contributed by atoms with Gasteiger partial charge in [0.15, 0.2) is 0 Å². The molecule has 6 heteroatoms. The molecule has 2 rings (SSSR count). The molecule has 0 radical (unpaired) electrons. The molecular formula is C16H16N2O4. The van der Waals surface area contributed by atoms with E-state index >= 15 is 0 Å². The van der Waals surface area contributed by atoms with E-state index in [1.54, 1.807) is 0 Å². The number of hydrogen-bond acceptors (Lipinski definition) is 4. The number of carbonyl (C=O) groups excluding carboxylic acids is 1. The zero-order valence-electron chi connectivity index (χ0n) is 11.9. The van der Waals surface area contributed by atoms with Crippen LogP contribution in [-0.4, -0.2) is 22.5 Å². The van der Waals surface area contributed by atoms with Gasteiger partial charge >= 0.3 is 0 Å². The van der Waals surface area contributed by atoms with Crippen LogP contribution >= 0.6 is 0 Å². The summed E-state index contributed by atoms with van der Waals surface area (Å²) >= 11 is 0. The largest absolute Gasteiger partial charge is 0.392 e. The maximum atomic E-state index is 12.1. The van der Waals surface area contributed by atoms with Gasteiger partial charge in [0.1, 0.15) is 0 Å². The Kier molecular flexibility index (Phi) is 5.21. The lowest BCUT2D eigenvalue weighted by atomic mass is 10.1. The Morgan fingerprint density at radius 3 is 2.55 bits per heavy atom. The van der Waals surface area contributed by atoms with Gasteiger partial charge < -0.3 is 10.4 Å². The Morgan fingerprint density at radius 2 is 1.91 bits per heavy atom. The molecule has 0 aliphatic rings. The van der Waals surface area contributed by atoms with Crippen molar-refractivity contribution in [2.24, 2.45) is 0 Å². The van der Waals surface area contributed by atoms with Crippen molar-refractivity contribution >= 4 is 11.6 Å². The molecule has 0 saturated carbocycles. The normalized spacial score (nSPS) is 10.2. The zero-order chi connectivity index (χ0) is 15.9. The maximum Gasteiger partial charge on any atom is 0.270 e. The first-order chi connectivity index (χ1) is 10.6. The van der Waals surface area contributed by atoms with Gasteiger partial charge in [-0.25, -0.2) is 0 Å². The summed E-state index contributed by atoms with van der Waals surface area (Å²) in [6.07, 6.45) is 0.663. The van der Waals surface area contributed by atoms with Crippen molar-refractivity contribution in [3.8, 4) is 0 Å². The minimum absolute atomic E-state index is 0.129. The molecule has 0 aliphatic carbocycles. The molecule has 0 heterocycles. The summed E-state index contributed by atoms with van der Waals surface area (Å²) in [5.74, 6) is -0.427. The number of amides is 1. The van der Waals surface area contributed by atoms with E-state index in [-0.39, 0.29) is 17.9 Å². The van der Waals surface area contributed by atoms with E-state index < -0.39 is 10.8 Å². The molecule has 22 heavy (non-hydrogen) atoms. The molecule has 1 amide bonds. The molecular weight excluding hydrogens is 284 g/mol. The fraction of sp³-hybridized carbons (Fsp3) is 0.188. The van der Waals surface area contributed by atoms with Crippen LogP contribution in [-0.2, 0) is 13.0 Å². The molecule has 2 N–H and O–H groups in total. The highest BCUT2D eigenvalue weighted by Gasteiger charge is 2.15. The molecule has 0 aliphatic heterocycles. The summed E-state index contributed by atoms with van der Waals surface area (Å²) in [5.41, 5.74) is 1.40. The number of carbonyl (C=O) groups is 1. The van der Waals surface area contributed by atoms with Gasteiger partial charge in [-0.05, 0) is 23.6 Å². The Morgan fingerprint density at radius 1 is 1.18 bits per heavy atom. The average molecular weight is 300 g/mol. The molecule has 2 aromatic rings. The van der Waals surface area contributed by atoms with Crippen LogP contribution in [0.4, 0.5) is 5.69 Å². The third kappa shape index (κ3) is 3.89. The van der Waals surface area contributed by atoms with Crippen LogP contribution in [0.25, 0.3) is 0 Å². The number of nitro benzene ring substituents is 1. The highest BCUT2D eigenvalue weighted by atomic mass is 16.6. The van der Waals surface area contributed by atoms with Crippen molar-refractivity contribution in [2.45, 2.75) is 13.0 Å². The predicted octanol–water partition coefficient (Wildman–Crippen LogP) is 2.06. The minimum atomic E-state index is -0.568. The van der Waals surface area contributed by atoms with E-state index in [2.05, 4.69) is 5.32 Å². The van der Waals surface area contributed by atoms with E-state index in [0.717, 1.165) is 5.56 Å². The Balaban J connectivity index is 2.05. The van der Waals surface area contributed by atoms with Gasteiger partial charge in [-0.1, -0.05) is 30.3 Å². The minimum Gasteiger partial charge on any atom is -0.392 e. The third-order valence-electron chi connectivity index (χ3n) is 3.26. The number of nitro groups is 1. The van der Waals surface area contributed by atoms with Crippen molar-refractivity contribution in [1.29, 1.82) is 0 Å². The number of hydrogen-bond donors (Lipinski definition) is 2. The van der Waals surface area contributed by atoms with Crippen molar-refractivity contribution < 1.29 is 14.8 Å². The molecule has 0 bridgehead atoms. The highest BCUT2D eigenvalue weighted by molar-refractivity contribution is 5.96. The lowest BCUT2D eigenvalue weighted by Crippen LogP contribution is -2.26. The zero-order valence-corrected chi connectivity index (χ0v) is 11.9. The summed E-state index contributed by atoms with van der Waals surface area (Å²) in [7, 11) is 0. The molecule has 0 saturated heterocycles. The van der Waals surface area contributed by atoms with Gasteiger partial charge in [-0.15, -0.1) is 0 Å². The molecule has 0 fully saturated rings. The second-order valence-corrected chi connectivity index (χ2v) is 4.75. The molecule has 0 aromatic heterocycles.